The quantitative estimate of drug-likeness (QED) is 0.541. The van der Waals surface area contributed by atoms with Gasteiger partial charge in [0.2, 0.25) is 5.91 Å². The molecule has 1 aromatic heterocycles. The van der Waals surface area contributed by atoms with Gasteiger partial charge in [-0.1, -0.05) is 54.2 Å². The molecule has 0 spiro atoms. The fourth-order valence-electron chi connectivity index (χ4n) is 2.41. The molecule has 1 amide bonds. The highest BCUT2D eigenvalue weighted by atomic mass is 32.2. The number of anilines is 1. The second-order valence-electron chi connectivity index (χ2n) is 6.01. The molecule has 1 heterocycles. The molecule has 28 heavy (non-hydrogen) atoms. The van der Waals surface area contributed by atoms with Gasteiger partial charge in [-0.25, -0.2) is 0 Å². The summed E-state index contributed by atoms with van der Waals surface area (Å²) < 4.78 is 5.15. The van der Waals surface area contributed by atoms with Crippen molar-refractivity contribution in [3.05, 3.63) is 77.9 Å². The van der Waals surface area contributed by atoms with Gasteiger partial charge in [-0.05, 0) is 35.4 Å². The maximum atomic E-state index is 12.0. The van der Waals surface area contributed by atoms with Crippen LogP contribution < -0.4 is 15.4 Å². The van der Waals surface area contributed by atoms with Crippen LogP contribution in [0.15, 0.2) is 71.8 Å². The van der Waals surface area contributed by atoms with E-state index in [1.807, 2.05) is 66.7 Å². The van der Waals surface area contributed by atoms with Crippen molar-refractivity contribution >= 4 is 23.5 Å². The zero-order valence-corrected chi connectivity index (χ0v) is 16.4. The Hall–Kier alpha value is -3.06. The zero-order valence-electron chi connectivity index (χ0n) is 15.6. The smallest absolute Gasteiger partial charge is 0.230 e. The van der Waals surface area contributed by atoms with Gasteiger partial charge in [-0.2, -0.15) is 0 Å². The molecule has 3 rings (SSSR count). The number of nitrogens with one attached hydrogen (secondary N) is 2. The van der Waals surface area contributed by atoms with Gasteiger partial charge in [-0.15, -0.1) is 10.2 Å². The van der Waals surface area contributed by atoms with Crippen LogP contribution in [0.3, 0.4) is 0 Å². The zero-order chi connectivity index (χ0) is 19.6. The number of nitrogens with zero attached hydrogens (tertiary/aromatic N) is 2. The number of hydrogen-bond acceptors (Lipinski definition) is 6. The second-order valence-corrected chi connectivity index (χ2v) is 7.01. The molecule has 6 nitrogen and oxygen atoms in total. The highest BCUT2D eigenvalue weighted by Crippen LogP contribution is 2.16. The van der Waals surface area contributed by atoms with E-state index in [2.05, 4.69) is 20.8 Å². The Kier molecular flexibility index (Phi) is 7.26. The standard InChI is InChI=1S/C21H22N4O2S/c1-27-18-9-7-17(8-10-18)13-22-19-11-12-21(25-24-19)28-15-20(26)23-14-16-5-3-2-4-6-16/h2-12H,13-15H2,1H3,(H,22,24)(H,23,26). The van der Waals surface area contributed by atoms with Crippen molar-refractivity contribution in [1.82, 2.24) is 15.5 Å². The number of carbonyl (C=O) groups excluding carboxylic acids is 1. The third-order valence-electron chi connectivity index (χ3n) is 3.96. The summed E-state index contributed by atoms with van der Waals surface area (Å²) in [6.07, 6.45) is 0. The number of aromatic nitrogens is 2. The van der Waals surface area contributed by atoms with E-state index in [9.17, 15) is 4.79 Å². The van der Waals surface area contributed by atoms with Crippen LogP contribution in [-0.4, -0.2) is 29.0 Å². The molecule has 7 heteroatoms. The number of carbonyl (C=O) groups is 1. The van der Waals surface area contributed by atoms with E-state index in [1.54, 1.807) is 7.11 Å². The molecule has 0 unspecified atom stereocenters. The average molecular weight is 395 g/mol. The monoisotopic (exact) mass is 394 g/mol. The normalized spacial score (nSPS) is 10.3. The average Bonchev–Trinajstić information content (AvgIpc) is 2.76. The van der Waals surface area contributed by atoms with E-state index in [1.165, 1.54) is 11.8 Å². The fraction of sp³-hybridized carbons (Fsp3) is 0.190. The van der Waals surface area contributed by atoms with Crippen LogP contribution in [0, 0.1) is 0 Å². The summed E-state index contributed by atoms with van der Waals surface area (Å²) in [4.78, 5) is 12.0. The van der Waals surface area contributed by atoms with Gasteiger partial charge in [0.05, 0.1) is 12.9 Å². The molecular formula is C21H22N4O2S. The first-order valence-electron chi connectivity index (χ1n) is 8.87. The largest absolute Gasteiger partial charge is 0.497 e. The fourth-order valence-corrected chi connectivity index (χ4v) is 3.06. The highest BCUT2D eigenvalue weighted by molar-refractivity contribution is 7.99. The second kappa shape index (κ2) is 10.3. The first kappa shape index (κ1) is 19.7. The van der Waals surface area contributed by atoms with Crippen LogP contribution in [0.5, 0.6) is 5.75 Å². The summed E-state index contributed by atoms with van der Waals surface area (Å²) in [6.45, 7) is 1.17. The van der Waals surface area contributed by atoms with Crippen LogP contribution in [0.2, 0.25) is 0 Å². The first-order chi connectivity index (χ1) is 13.7. The Balaban J connectivity index is 1.40. The van der Waals surface area contributed by atoms with Crippen LogP contribution in [-0.2, 0) is 17.9 Å². The number of amides is 1. The van der Waals surface area contributed by atoms with E-state index in [4.69, 9.17) is 4.74 Å². The van der Waals surface area contributed by atoms with Crippen LogP contribution in [0.4, 0.5) is 5.82 Å². The van der Waals surface area contributed by atoms with Gasteiger partial charge in [0, 0.05) is 13.1 Å². The maximum Gasteiger partial charge on any atom is 0.230 e. The SMILES string of the molecule is COc1ccc(CNc2ccc(SCC(=O)NCc3ccccc3)nn2)cc1. The molecule has 144 valence electrons. The highest BCUT2D eigenvalue weighted by Gasteiger charge is 2.05. The molecule has 0 aliphatic rings. The van der Waals surface area contributed by atoms with E-state index in [-0.39, 0.29) is 5.91 Å². The predicted molar refractivity (Wildman–Crippen MR) is 111 cm³/mol. The number of thioether (sulfide) groups is 1. The van der Waals surface area contributed by atoms with Crippen molar-refractivity contribution in [3.63, 3.8) is 0 Å². The van der Waals surface area contributed by atoms with Gasteiger partial charge in [0.1, 0.15) is 16.6 Å². The molecule has 2 aromatic carbocycles. The molecule has 0 radical (unpaired) electrons. The molecule has 0 fully saturated rings. The Bertz CT molecular complexity index is 871. The topological polar surface area (TPSA) is 76.1 Å². The lowest BCUT2D eigenvalue weighted by atomic mass is 10.2. The lowest BCUT2D eigenvalue weighted by Crippen LogP contribution is -2.24. The molecule has 0 bridgehead atoms. The van der Waals surface area contributed by atoms with E-state index in [0.717, 1.165) is 16.9 Å². The van der Waals surface area contributed by atoms with Gasteiger partial charge in [0.25, 0.3) is 0 Å². The molecular weight excluding hydrogens is 372 g/mol. The van der Waals surface area contributed by atoms with E-state index in [0.29, 0.717) is 29.7 Å². The van der Waals surface area contributed by atoms with Crippen molar-refractivity contribution in [2.24, 2.45) is 0 Å². The van der Waals surface area contributed by atoms with Crippen LogP contribution in [0.25, 0.3) is 0 Å². The third-order valence-corrected chi connectivity index (χ3v) is 4.88. The van der Waals surface area contributed by atoms with Crippen LogP contribution >= 0.6 is 11.8 Å². The summed E-state index contributed by atoms with van der Waals surface area (Å²) >= 11 is 1.36. The summed E-state index contributed by atoms with van der Waals surface area (Å²) in [5.41, 5.74) is 2.20. The minimum atomic E-state index is -0.0302. The molecule has 0 aliphatic carbocycles. The summed E-state index contributed by atoms with van der Waals surface area (Å²) in [5.74, 6) is 1.80. The summed E-state index contributed by atoms with van der Waals surface area (Å²) in [6, 6.07) is 21.4. The summed E-state index contributed by atoms with van der Waals surface area (Å²) in [5, 5.41) is 15.2. The predicted octanol–water partition coefficient (Wildman–Crippen LogP) is 3.51. The third kappa shape index (κ3) is 6.28. The van der Waals surface area contributed by atoms with Gasteiger partial charge >= 0.3 is 0 Å². The van der Waals surface area contributed by atoms with Crippen LogP contribution in [0.1, 0.15) is 11.1 Å². The van der Waals surface area contributed by atoms with Crippen molar-refractivity contribution < 1.29 is 9.53 Å². The number of methoxy groups -OCH3 is 1. The molecule has 2 N–H and O–H groups in total. The molecule has 0 saturated carbocycles. The van der Waals surface area contributed by atoms with Crippen molar-refractivity contribution in [2.75, 3.05) is 18.2 Å². The Morgan fingerprint density at radius 2 is 1.68 bits per heavy atom. The van der Waals surface area contributed by atoms with E-state index >= 15 is 0 Å². The molecule has 3 aromatic rings. The minimum Gasteiger partial charge on any atom is -0.497 e. The van der Waals surface area contributed by atoms with Crippen molar-refractivity contribution in [1.29, 1.82) is 0 Å². The number of benzene rings is 2. The maximum absolute atomic E-state index is 12.0. The minimum absolute atomic E-state index is 0.0302. The Morgan fingerprint density at radius 3 is 2.36 bits per heavy atom. The number of ether oxygens (including phenoxy) is 1. The Morgan fingerprint density at radius 1 is 0.929 bits per heavy atom. The van der Waals surface area contributed by atoms with Gasteiger partial charge < -0.3 is 15.4 Å². The van der Waals surface area contributed by atoms with Crippen molar-refractivity contribution in [2.45, 2.75) is 18.1 Å². The van der Waals surface area contributed by atoms with E-state index < -0.39 is 0 Å². The van der Waals surface area contributed by atoms with Crippen molar-refractivity contribution in [3.8, 4) is 5.75 Å². The lowest BCUT2D eigenvalue weighted by Gasteiger charge is -2.07. The lowest BCUT2D eigenvalue weighted by molar-refractivity contribution is -0.118. The molecule has 0 aliphatic heterocycles. The Labute approximate surface area is 168 Å². The first-order valence-corrected chi connectivity index (χ1v) is 9.85. The number of hydrogen-bond donors (Lipinski definition) is 2. The van der Waals surface area contributed by atoms with Gasteiger partial charge in [0.15, 0.2) is 0 Å². The van der Waals surface area contributed by atoms with Gasteiger partial charge in [-0.3, -0.25) is 4.79 Å². The number of rotatable bonds is 9. The molecule has 0 atom stereocenters. The summed E-state index contributed by atoms with van der Waals surface area (Å²) in [7, 11) is 1.65. The molecule has 0 saturated heterocycles.